The highest BCUT2D eigenvalue weighted by Gasteiger charge is 2.22. The van der Waals surface area contributed by atoms with Crippen molar-refractivity contribution in [2.24, 2.45) is 0 Å². The van der Waals surface area contributed by atoms with Crippen LogP contribution >= 0.6 is 0 Å². The number of carbonyl (C=O) groups is 2. The Hall–Kier alpha value is -3.91. The fraction of sp³-hybridized carbons (Fsp3) is 0.0870. The van der Waals surface area contributed by atoms with Crippen molar-refractivity contribution in [2.75, 3.05) is 5.32 Å². The first-order valence-electron chi connectivity index (χ1n) is 8.86. The van der Waals surface area contributed by atoms with Crippen molar-refractivity contribution in [3.05, 3.63) is 102 Å². The molecule has 0 saturated heterocycles. The first-order valence-corrected chi connectivity index (χ1v) is 8.86. The van der Waals surface area contributed by atoms with E-state index in [1.165, 1.54) is 0 Å². The third kappa shape index (κ3) is 5.05. The highest BCUT2D eigenvalue weighted by Crippen LogP contribution is 2.12. The van der Waals surface area contributed by atoms with E-state index in [-0.39, 0.29) is 11.8 Å². The van der Waals surface area contributed by atoms with Crippen LogP contribution in [-0.2, 0) is 11.2 Å². The van der Waals surface area contributed by atoms with Gasteiger partial charge < -0.3 is 10.6 Å². The number of rotatable bonds is 6. The third-order valence-corrected chi connectivity index (χ3v) is 4.20. The van der Waals surface area contributed by atoms with Crippen LogP contribution in [0.15, 0.2) is 84.9 Å². The highest BCUT2D eigenvalue weighted by atomic mass is 16.2. The normalized spacial score (nSPS) is 11.1. The van der Waals surface area contributed by atoms with Crippen molar-refractivity contribution in [3.8, 4) is 6.07 Å². The van der Waals surface area contributed by atoms with E-state index in [4.69, 9.17) is 5.26 Å². The summed E-state index contributed by atoms with van der Waals surface area (Å²) in [5.74, 6) is -0.661. The van der Waals surface area contributed by atoms with Crippen LogP contribution in [0, 0.1) is 11.3 Å². The van der Waals surface area contributed by atoms with Crippen molar-refractivity contribution < 1.29 is 9.59 Å². The second kappa shape index (κ2) is 9.15. The van der Waals surface area contributed by atoms with Crippen molar-refractivity contribution in [2.45, 2.75) is 12.5 Å². The summed E-state index contributed by atoms with van der Waals surface area (Å²) in [7, 11) is 0. The number of carbonyl (C=O) groups excluding carboxylic acids is 2. The Morgan fingerprint density at radius 1 is 0.893 bits per heavy atom. The molecule has 0 aliphatic heterocycles. The average Bonchev–Trinajstić information content (AvgIpc) is 2.74. The monoisotopic (exact) mass is 369 g/mol. The molecule has 2 amide bonds. The predicted octanol–water partition coefficient (Wildman–Crippen LogP) is 3.54. The zero-order valence-corrected chi connectivity index (χ0v) is 15.1. The van der Waals surface area contributed by atoms with E-state index in [1.54, 1.807) is 48.5 Å². The maximum atomic E-state index is 12.9. The van der Waals surface area contributed by atoms with E-state index in [1.807, 2.05) is 42.5 Å². The summed E-state index contributed by atoms with van der Waals surface area (Å²) in [4.78, 5) is 25.4. The molecule has 138 valence electrons. The molecule has 0 spiro atoms. The lowest BCUT2D eigenvalue weighted by Crippen LogP contribution is -2.45. The summed E-state index contributed by atoms with van der Waals surface area (Å²) < 4.78 is 0. The molecule has 28 heavy (non-hydrogen) atoms. The van der Waals surface area contributed by atoms with Crippen molar-refractivity contribution in [1.82, 2.24) is 5.32 Å². The van der Waals surface area contributed by atoms with Gasteiger partial charge in [-0.05, 0) is 35.9 Å². The SMILES string of the molecule is N#Cc1cccc(NC(=O)[C@@H](Cc2ccccc2)NC(=O)c2ccccc2)c1. The molecule has 0 heterocycles. The maximum Gasteiger partial charge on any atom is 0.251 e. The van der Waals surface area contributed by atoms with Gasteiger partial charge in [-0.25, -0.2) is 0 Å². The van der Waals surface area contributed by atoms with Gasteiger partial charge in [-0.2, -0.15) is 5.26 Å². The van der Waals surface area contributed by atoms with Crippen molar-refractivity contribution in [3.63, 3.8) is 0 Å². The summed E-state index contributed by atoms with van der Waals surface area (Å²) in [5, 5.41) is 14.6. The zero-order valence-electron chi connectivity index (χ0n) is 15.1. The molecule has 0 fully saturated rings. The largest absolute Gasteiger partial charge is 0.340 e. The van der Waals surface area contributed by atoms with Crippen LogP contribution in [0.25, 0.3) is 0 Å². The molecule has 3 rings (SSSR count). The van der Waals surface area contributed by atoms with Crippen molar-refractivity contribution >= 4 is 17.5 Å². The molecule has 2 N–H and O–H groups in total. The molecule has 0 saturated carbocycles. The minimum atomic E-state index is -0.763. The van der Waals surface area contributed by atoms with Crippen molar-refractivity contribution in [1.29, 1.82) is 5.26 Å². The van der Waals surface area contributed by atoms with Gasteiger partial charge in [-0.3, -0.25) is 9.59 Å². The molecular formula is C23H19N3O2. The maximum absolute atomic E-state index is 12.9. The molecule has 0 aromatic heterocycles. The Labute approximate surface area is 163 Å². The number of anilines is 1. The third-order valence-electron chi connectivity index (χ3n) is 4.20. The number of hydrogen-bond donors (Lipinski definition) is 2. The van der Waals surface area contributed by atoms with Crippen LogP contribution in [0.1, 0.15) is 21.5 Å². The van der Waals surface area contributed by atoms with E-state index in [0.717, 1.165) is 5.56 Å². The lowest BCUT2D eigenvalue weighted by atomic mass is 10.0. The van der Waals surface area contributed by atoms with Crippen LogP contribution in [0.5, 0.6) is 0 Å². The van der Waals surface area contributed by atoms with E-state index in [2.05, 4.69) is 10.6 Å². The molecule has 0 bridgehead atoms. The Bertz CT molecular complexity index is 995. The molecule has 1 atom stereocenters. The second-order valence-corrected chi connectivity index (χ2v) is 6.26. The molecule has 0 aliphatic carbocycles. The number of amides is 2. The molecule has 5 heteroatoms. The van der Waals surface area contributed by atoms with Gasteiger partial charge in [-0.1, -0.05) is 54.6 Å². The smallest absolute Gasteiger partial charge is 0.251 e. The van der Waals surface area contributed by atoms with Gasteiger partial charge in [-0.15, -0.1) is 0 Å². The number of nitrogens with one attached hydrogen (secondary N) is 2. The summed E-state index contributed by atoms with van der Waals surface area (Å²) >= 11 is 0. The molecule has 0 radical (unpaired) electrons. The summed E-state index contributed by atoms with van der Waals surface area (Å²) in [6, 6.07) is 26.2. The molecular weight excluding hydrogens is 350 g/mol. The second-order valence-electron chi connectivity index (χ2n) is 6.26. The van der Waals surface area contributed by atoms with Gasteiger partial charge >= 0.3 is 0 Å². The average molecular weight is 369 g/mol. The molecule has 0 aliphatic rings. The quantitative estimate of drug-likeness (QED) is 0.697. The summed E-state index contributed by atoms with van der Waals surface area (Å²) in [6.07, 6.45) is 0.350. The minimum Gasteiger partial charge on any atom is -0.340 e. The van der Waals surface area contributed by atoms with E-state index < -0.39 is 6.04 Å². The minimum absolute atomic E-state index is 0.317. The fourth-order valence-electron chi connectivity index (χ4n) is 2.79. The van der Waals surface area contributed by atoms with Gasteiger partial charge in [0.1, 0.15) is 6.04 Å². The topological polar surface area (TPSA) is 82.0 Å². The van der Waals surface area contributed by atoms with Crippen LogP contribution < -0.4 is 10.6 Å². The van der Waals surface area contributed by atoms with Crippen LogP contribution in [0.4, 0.5) is 5.69 Å². The van der Waals surface area contributed by atoms with Gasteiger partial charge in [0.2, 0.25) is 5.91 Å². The predicted molar refractivity (Wildman–Crippen MR) is 108 cm³/mol. The van der Waals surface area contributed by atoms with E-state index >= 15 is 0 Å². The van der Waals surface area contributed by atoms with Gasteiger partial charge in [0.15, 0.2) is 0 Å². The Balaban J connectivity index is 1.79. The Morgan fingerprint density at radius 2 is 1.57 bits per heavy atom. The molecule has 3 aromatic rings. The summed E-state index contributed by atoms with van der Waals surface area (Å²) in [6.45, 7) is 0. The Kier molecular flexibility index (Phi) is 6.17. The molecule has 5 nitrogen and oxygen atoms in total. The Morgan fingerprint density at radius 3 is 2.25 bits per heavy atom. The van der Waals surface area contributed by atoms with Crippen LogP contribution in [-0.4, -0.2) is 17.9 Å². The van der Waals surface area contributed by atoms with Crippen LogP contribution in [0.3, 0.4) is 0 Å². The zero-order chi connectivity index (χ0) is 19.8. The standard InChI is InChI=1S/C23H19N3O2/c24-16-18-10-7-13-20(14-18)25-23(28)21(15-17-8-3-1-4-9-17)26-22(27)19-11-5-2-6-12-19/h1-14,21H,15H2,(H,25,28)(H,26,27)/t21-/m1/s1. The first kappa shape index (κ1) is 18.9. The lowest BCUT2D eigenvalue weighted by Gasteiger charge is -2.19. The number of nitriles is 1. The number of hydrogen-bond acceptors (Lipinski definition) is 3. The number of nitrogens with zero attached hydrogens (tertiary/aromatic N) is 1. The van der Waals surface area contributed by atoms with Gasteiger partial charge in [0, 0.05) is 17.7 Å². The highest BCUT2D eigenvalue weighted by molar-refractivity contribution is 6.01. The van der Waals surface area contributed by atoms with Crippen LogP contribution in [0.2, 0.25) is 0 Å². The molecule has 0 unspecified atom stereocenters. The summed E-state index contributed by atoms with van der Waals surface area (Å²) in [5.41, 5.74) is 2.38. The first-order chi connectivity index (χ1) is 13.7. The van der Waals surface area contributed by atoms with E-state index in [0.29, 0.717) is 23.2 Å². The lowest BCUT2D eigenvalue weighted by molar-refractivity contribution is -0.118. The van der Waals surface area contributed by atoms with E-state index in [9.17, 15) is 9.59 Å². The fourth-order valence-corrected chi connectivity index (χ4v) is 2.79. The van der Waals surface area contributed by atoms with Gasteiger partial charge in [0.25, 0.3) is 5.91 Å². The molecule has 3 aromatic carbocycles. The number of benzene rings is 3. The van der Waals surface area contributed by atoms with Gasteiger partial charge in [0.05, 0.1) is 11.6 Å².